The highest BCUT2D eigenvalue weighted by Gasteiger charge is 2.55. The molecule has 0 spiro atoms. The maximum atomic E-state index is 12.1. The number of carbonyl (C=O) groups is 1. The molecule has 2 aliphatic rings. The Morgan fingerprint density at radius 2 is 1.64 bits per heavy atom. The van der Waals surface area contributed by atoms with Crippen molar-refractivity contribution in [3.63, 3.8) is 0 Å². The molecule has 0 saturated heterocycles. The largest absolute Gasteiger partial charge is 0.458 e. The highest BCUT2D eigenvalue weighted by atomic mass is 32.2. The summed E-state index contributed by atoms with van der Waals surface area (Å²) in [6, 6.07) is 10.8. The molecule has 2 fully saturated rings. The summed E-state index contributed by atoms with van der Waals surface area (Å²) < 4.78 is 23.6. The average molecular weight is 479 g/mol. The van der Waals surface area contributed by atoms with E-state index in [1.807, 2.05) is 20.8 Å². The topological polar surface area (TPSA) is 54.0 Å². The van der Waals surface area contributed by atoms with Crippen molar-refractivity contribution in [3.8, 4) is 0 Å². The number of benzene rings is 1. The van der Waals surface area contributed by atoms with Crippen LogP contribution in [-0.2, 0) is 29.5 Å². The van der Waals surface area contributed by atoms with Crippen LogP contribution in [0.25, 0.3) is 0 Å². The van der Waals surface area contributed by atoms with Gasteiger partial charge < -0.3 is 18.9 Å². The Balaban J connectivity index is 1.65. The molecule has 6 heteroatoms. The minimum atomic E-state index is -0.521. The number of rotatable bonds is 11. The number of ether oxygens (including phenoxy) is 4. The Hall–Kier alpha value is -1.08. The first kappa shape index (κ1) is 26.5. The standard InChI is InChI=1S/C27H42O5S/c1-25(2,3)32-24(28)20-30-23(18-29-4)19-31-26-14-8-10-16-27(26,17-11-9-15-26)33-21-22-12-6-5-7-13-22/h5-7,12-13,23H,8-11,14-21H2,1-4H3. The second-order valence-corrected chi connectivity index (χ2v) is 11.8. The van der Waals surface area contributed by atoms with Gasteiger partial charge in [-0.15, -0.1) is 11.8 Å². The molecule has 0 aliphatic heterocycles. The van der Waals surface area contributed by atoms with Gasteiger partial charge in [0, 0.05) is 17.6 Å². The van der Waals surface area contributed by atoms with Crippen molar-refractivity contribution in [2.24, 2.45) is 0 Å². The molecular formula is C27H42O5S. The van der Waals surface area contributed by atoms with Gasteiger partial charge in [0.2, 0.25) is 0 Å². The number of carbonyl (C=O) groups excluding carboxylic acids is 1. The van der Waals surface area contributed by atoms with Crippen molar-refractivity contribution in [2.75, 3.05) is 26.9 Å². The van der Waals surface area contributed by atoms with Crippen molar-refractivity contribution in [2.45, 2.75) is 99.9 Å². The first-order valence-corrected chi connectivity index (χ1v) is 13.4. The van der Waals surface area contributed by atoms with E-state index in [2.05, 4.69) is 42.1 Å². The molecular weight excluding hydrogens is 436 g/mol. The molecule has 1 aromatic rings. The Labute approximate surface area is 204 Å². The van der Waals surface area contributed by atoms with Crippen LogP contribution in [0.2, 0.25) is 0 Å². The van der Waals surface area contributed by atoms with Crippen molar-refractivity contribution >= 4 is 17.7 Å². The zero-order valence-corrected chi connectivity index (χ0v) is 21.7. The summed E-state index contributed by atoms with van der Waals surface area (Å²) in [6.45, 7) is 6.32. The average Bonchev–Trinajstić information content (AvgIpc) is 2.79. The number of esters is 1. The molecule has 0 amide bonds. The minimum Gasteiger partial charge on any atom is -0.458 e. The quantitative estimate of drug-likeness (QED) is 0.367. The molecule has 3 rings (SSSR count). The van der Waals surface area contributed by atoms with Crippen LogP contribution in [0.1, 0.15) is 77.7 Å². The molecule has 1 aromatic carbocycles. The Morgan fingerprint density at radius 3 is 2.24 bits per heavy atom. The number of methoxy groups -OCH3 is 1. The summed E-state index contributed by atoms with van der Waals surface area (Å²) >= 11 is 2.10. The highest BCUT2D eigenvalue weighted by molar-refractivity contribution is 8.00. The Bertz CT molecular complexity index is 718. The lowest BCUT2D eigenvalue weighted by Crippen LogP contribution is -2.58. The van der Waals surface area contributed by atoms with Gasteiger partial charge in [0.25, 0.3) is 0 Å². The first-order chi connectivity index (χ1) is 15.8. The second-order valence-electron chi connectivity index (χ2n) is 10.5. The first-order valence-electron chi connectivity index (χ1n) is 12.4. The lowest BCUT2D eigenvalue weighted by atomic mass is 9.66. The number of fused-ring (bicyclic) bond motifs is 1. The van der Waals surface area contributed by atoms with E-state index in [9.17, 15) is 4.79 Å². The van der Waals surface area contributed by atoms with Crippen LogP contribution in [0.3, 0.4) is 0 Å². The van der Waals surface area contributed by atoms with Crippen LogP contribution in [0.5, 0.6) is 0 Å². The maximum absolute atomic E-state index is 12.1. The number of hydrogen-bond acceptors (Lipinski definition) is 6. The van der Waals surface area contributed by atoms with E-state index in [1.54, 1.807) is 7.11 Å². The molecule has 0 N–H and O–H groups in total. The van der Waals surface area contributed by atoms with Gasteiger partial charge in [-0.1, -0.05) is 56.0 Å². The Kier molecular flexibility index (Phi) is 9.69. The zero-order chi connectivity index (χ0) is 23.8. The van der Waals surface area contributed by atoms with Crippen molar-refractivity contribution in [1.29, 1.82) is 0 Å². The van der Waals surface area contributed by atoms with Crippen LogP contribution >= 0.6 is 11.8 Å². The lowest BCUT2D eigenvalue weighted by molar-refractivity contribution is -0.172. The van der Waals surface area contributed by atoms with E-state index in [0.29, 0.717) is 13.2 Å². The van der Waals surface area contributed by atoms with Crippen LogP contribution < -0.4 is 0 Å². The normalized spacial score (nSPS) is 26.4. The second kappa shape index (κ2) is 12.1. The highest BCUT2D eigenvalue weighted by Crippen LogP contribution is 2.57. The fourth-order valence-corrected chi connectivity index (χ4v) is 7.03. The summed E-state index contributed by atoms with van der Waals surface area (Å²) in [5.74, 6) is 0.660. The van der Waals surface area contributed by atoms with Crippen LogP contribution in [0, 0.1) is 0 Å². The molecule has 0 heterocycles. The van der Waals surface area contributed by atoms with E-state index in [0.717, 1.165) is 18.6 Å². The number of thioether (sulfide) groups is 1. The predicted octanol–water partition coefficient (Wildman–Crippen LogP) is 5.94. The van der Waals surface area contributed by atoms with Crippen LogP contribution in [0.4, 0.5) is 0 Å². The summed E-state index contributed by atoms with van der Waals surface area (Å²) in [6.07, 6.45) is 9.27. The molecule has 1 atom stereocenters. The molecule has 186 valence electrons. The van der Waals surface area contributed by atoms with Crippen molar-refractivity contribution in [1.82, 2.24) is 0 Å². The van der Waals surface area contributed by atoms with Crippen molar-refractivity contribution < 1.29 is 23.7 Å². The fourth-order valence-electron chi connectivity index (χ4n) is 5.29. The van der Waals surface area contributed by atoms with Gasteiger partial charge in [0.1, 0.15) is 18.3 Å². The van der Waals surface area contributed by atoms with Gasteiger partial charge in [-0.2, -0.15) is 0 Å². The van der Waals surface area contributed by atoms with Crippen LogP contribution in [-0.4, -0.2) is 55.0 Å². The van der Waals surface area contributed by atoms with Gasteiger partial charge in [-0.25, -0.2) is 4.79 Å². The molecule has 2 saturated carbocycles. The van der Waals surface area contributed by atoms with Gasteiger partial charge >= 0.3 is 5.97 Å². The van der Waals surface area contributed by atoms with Crippen molar-refractivity contribution in [3.05, 3.63) is 35.9 Å². The van der Waals surface area contributed by atoms with E-state index in [4.69, 9.17) is 18.9 Å². The monoisotopic (exact) mass is 478 g/mol. The Morgan fingerprint density at radius 1 is 1.00 bits per heavy atom. The van der Waals surface area contributed by atoms with E-state index in [1.165, 1.54) is 44.1 Å². The molecule has 2 aliphatic carbocycles. The summed E-state index contributed by atoms with van der Waals surface area (Å²) in [5.41, 5.74) is 0.719. The predicted molar refractivity (Wildman–Crippen MR) is 134 cm³/mol. The lowest BCUT2D eigenvalue weighted by Gasteiger charge is -2.56. The molecule has 5 nitrogen and oxygen atoms in total. The summed E-state index contributed by atoms with van der Waals surface area (Å²) in [5, 5.41) is 0. The van der Waals surface area contributed by atoms with Crippen LogP contribution in [0.15, 0.2) is 30.3 Å². The minimum absolute atomic E-state index is 0.0877. The van der Waals surface area contributed by atoms with E-state index in [-0.39, 0.29) is 29.0 Å². The smallest absolute Gasteiger partial charge is 0.332 e. The molecule has 0 radical (unpaired) electrons. The molecule has 1 unspecified atom stereocenters. The zero-order valence-electron chi connectivity index (χ0n) is 20.9. The maximum Gasteiger partial charge on any atom is 0.332 e. The third kappa shape index (κ3) is 7.45. The van der Waals surface area contributed by atoms with Gasteiger partial charge in [-0.3, -0.25) is 0 Å². The third-order valence-corrected chi connectivity index (χ3v) is 8.58. The van der Waals surface area contributed by atoms with E-state index < -0.39 is 5.60 Å². The van der Waals surface area contributed by atoms with Gasteiger partial charge in [0.15, 0.2) is 0 Å². The summed E-state index contributed by atoms with van der Waals surface area (Å²) in [7, 11) is 1.66. The summed E-state index contributed by atoms with van der Waals surface area (Å²) in [4.78, 5) is 12.1. The van der Waals surface area contributed by atoms with Gasteiger partial charge in [-0.05, 0) is 52.0 Å². The molecule has 33 heavy (non-hydrogen) atoms. The third-order valence-electron chi connectivity index (χ3n) is 6.77. The molecule has 0 aromatic heterocycles. The fraction of sp³-hybridized carbons (Fsp3) is 0.741. The van der Waals surface area contributed by atoms with Gasteiger partial charge in [0.05, 0.1) is 18.8 Å². The molecule has 0 bridgehead atoms. The number of hydrogen-bond donors (Lipinski definition) is 0. The SMILES string of the molecule is COCC(COC12CCCCC1(SCc1ccccc1)CCCC2)OCC(=O)OC(C)(C)C. The van der Waals surface area contributed by atoms with E-state index >= 15 is 0 Å².